The first-order valence-corrected chi connectivity index (χ1v) is 7.00. The van der Waals surface area contributed by atoms with Crippen LogP contribution in [0.4, 0.5) is 0 Å². The van der Waals surface area contributed by atoms with Gasteiger partial charge in [0, 0.05) is 27.7 Å². The van der Waals surface area contributed by atoms with Crippen molar-refractivity contribution in [2.45, 2.75) is 24.3 Å². The Morgan fingerprint density at radius 1 is 1.35 bits per heavy atom. The van der Waals surface area contributed by atoms with E-state index >= 15 is 0 Å². The van der Waals surface area contributed by atoms with Crippen molar-refractivity contribution >= 4 is 40.7 Å². The SMILES string of the molecule is CC(C)(N)C1CSc2cc(Cl)c(Cl)cc2C1=O. The lowest BCUT2D eigenvalue weighted by Gasteiger charge is -2.33. The van der Waals surface area contributed by atoms with Crippen LogP contribution in [0.5, 0.6) is 0 Å². The van der Waals surface area contributed by atoms with E-state index in [9.17, 15) is 4.79 Å². The second-order valence-electron chi connectivity index (χ2n) is 4.81. The highest BCUT2D eigenvalue weighted by Gasteiger charge is 2.37. The molecular weight excluding hydrogens is 277 g/mol. The molecule has 92 valence electrons. The Kier molecular flexibility index (Phi) is 3.47. The van der Waals surface area contributed by atoms with Crippen LogP contribution in [0.3, 0.4) is 0 Å². The predicted octanol–water partition coefficient (Wildman–Crippen LogP) is 3.64. The third-order valence-corrected chi connectivity index (χ3v) is 4.78. The Balaban J connectivity index is 2.46. The van der Waals surface area contributed by atoms with Crippen molar-refractivity contribution in [1.82, 2.24) is 0 Å². The molecule has 0 fully saturated rings. The van der Waals surface area contributed by atoms with Crippen LogP contribution in [0, 0.1) is 5.92 Å². The number of halogens is 2. The lowest BCUT2D eigenvalue weighted by atomic mass is 9.83. The van der Waals surface area contributed by atoms with Crippen molar-refractivity contribution in [3.05, 3.63) is 27.7 Å². The Hall–Kier alpha value is -0.220. The molecule has 1 unspecified atom stereocenters. The molecule has 1 aliphatic heterocycles. The summed E-state index contributed by atoms with van der Waals surface area (Å²) in [7, 11) is 0. The van der Waals surface area contributed by atoms with E-state index in [1.54, 1.807) is 23.9 Å². The number of fused-ring (bicyclic) bond motifs is 1. The summed E-state index contributed by atoms with van der Waals surface area (Å²) in [6.07, 6.45) is 0. The van der Waals surface area contributed by atoms with Gasteiger partial charge in [-0.05, 0) is 26.0 Å². The molecule has 0 bridgehead atoms. The molecule has 0 spiro atoms. The zero-order valence-corrected chi connectivity index (χ0v) is 11.9. The fourth-order valence-corrected chi connectivity index (χ4v) is 3.67. The summed E-state index contributed by atoms with van der Waals surface area (Å²) in [4.78, 5) is 13.2. The van der Waals surface area contributed by atoms with Gasteiger partial charge in [0.1, 0.15) is 0 Å². The maximum Gasteiger partial charge on any atom is 0.169 e. The summed E-state index contributed by atoms with van der Waals surface area (Å²) in [5.41, 5.74) is 6.15. The average Bonchev–Trinajstić information content (AvgIpc) is 2.19. The molecule has 1 aromatic carbocycles. The number of Topliss-reactive ketones (excluding diaryl/α,β-unsaturated/α-hetero) is 1. The van der Waals surface area contributed by atoms with Crippen LogP contribution in [0.15, 0.2) is 17.0 Å². The largest absolute Gasteiger partial charge is 0.325 e. The first-order valence-electron chi connectivity index (χ1n) is 5.25. The van der Waals surface area contributed by atoms with Crippen LogP contribution in [0.2, 0.25) is 10.0 Å². The van der Waals surface area contributed by atoms with Gasteiger partial charge >= 0.3 is 0 Å². The monoisotopic (exact) mass is 289 g/mol. The van der Waals surface area contributed by atoms with Gasteiger partial charge in [0.05, 0.1) is 10.0 Å². The highest BCUT2D eigenvalue weighted by atomic mass is 35.5. The number of carbonyl (C=O) groups excluding carboxylic acids is 1. The second kappa shape index (κ2) is 4.47. The number of ketones is 1. The van der Waals surface area contributed by atoms with Gasteiger partial charge in [-0.2, -0.15) is 0 Å². The standard InChI is InChI=1S/C12H13Cl2NOS/c1-12(2,15)7-5-17-10-4-9(14)8(13)3-6(10)11(7)16/h3-4,7H,5,15H2,1-2H3. The second-order valence-corrected chi connectivity index (χ2v) is 6.69. The maximum atomic E-state index is 12.3. The topological polar surface area (TPSA) is 43.1 Å². The molecule has 2 N–H and O–H groups in total. The summed E-state index contributed by atoms with van der Waals surface area (Å²) in [6.45, 7) is 3.75. The number of nitrogens with two attached hydrogens (primary N) is 1. The van der Waals surface area contributed by atoms with E-state index in [1.807, 2.05) is 13.8 Å². The number of carbonyl (C=O) groups is 1. The third-order valence-electron chi connectivity index (χ3n) is 2.91. The van der Waals surface area contributed by atoms with Gasteiger partial charge in [-0.1, -0.05) is 23.2 Å². The minimum atomic E-state index is -0.520. The quantitative estimate of drug-likeness (QED) is 0.858. The van der Waals surface area contributed by atoms with Crippen molar-refractivity contribution in [3.8, 4) is 0 Å². The van der Waals surface area contributed by atoms with Gasteiger partial charge in [-0.15, -0.1) is 11.8 Å². The molecular formula is C12H13Cl2NOS. The fraction of sp³-hybridized carbons (Fsp3) is 0.417. The molecule has 0 saturated heterocycles. The van der Waals surface area contributed by atoms with Crippen molar-refractivity contribution in [2.75, 3.05) is 5.75 Å². The normalized spacial score (nSPS) is 20.3. The molecule has 1 aliphatic rings. The van der Waals surface area contributed by atoms with Gasteiger partial charge in [0.25, 0.3) is 0 Å². The molecule has 17 heavy (non-hydrogen) atoms. The first kappa shape index (κ1) is 13.2. The van der Waals surface area contributed by atoms with E-state index in [-0.39, 0.29) is 11.7 Å². The summed E-state index contributed by atoms with van der Waals surface area (Å²) in [5, 5.41) is 0.894. The van der Waals surface area contributed by atoms with Crippen LogP contribution in [0.25, 0.3) is 0 Å². The Bertz CT molecular complexity index is 482. The number of hydrogen-bond acceptors (Lipinski definition) is 3. The summed E-state index contributed by atoms with van der Waals surface area (Å²) < 4.78 is 0. The van der Waals surface area contributed by atoms with E-state index in [0.29, 0.717) is 21.4 Å². The Morgan fingerprint density at radius 2 is 1.94 bits per heavy atom. The molecule has 2 nitrogen and oxygen atoms in total. The molecule has 2 rings (SSSR count). The van der Waals surface area contributed by atoms with Crippen LogP contribution in [-0.2, 0) is 0 Å². The maximum absolute atomic E-state index is 12.3. The molecule has 0 radical (unpaired) electrons. The van der Waals surface area contributed by atoms with Crippen molar-refractivity contribution in [2.24, 2.45) is 11.7 Å². The van der Waals surface area contributed by atoms with Crippen LogP contribution in [-0.4, -0.2) is 17.1 Å². The van der Waals surface area contributed by atoms with Crippen LogP contribution < -0.4 is 5.73 Å². The molecule has 0 aromatic heterocycles. The molecule has 0 saturated carbocycles. The predicted molar refractivity (Wildman–Crippen MR) is 73.3 cm³/mol. The third kappa shape index (κ3) is 2.48. The van der Waals surface area contributed by atoms with E-state index in [0.717, 1.165) is 4.90 Å². The molecule has 0 aliphatic carbocycles. The number of benzene rings is 1. The van der Waals surface area contributed by atoms with Crippen molar-refractivity contribution in [1.29, 1.82) is 0 Å². The van der Waals surface area contributed by atoms with E-state index < -0.39 is 5.54 Å². The average molecular weight is 290 g/mol. The van der Waals surface area contributed by atoms with E-state index in [2.05, 4.69) is 0 Å². The van der Waals surface area contributed by atoms with Gasteiger partial charge in [0.15, 0.2) is 5.78 Å². The summed E-state index contributed by atoms with van der Waals surface area (Å²) in [5.74, 6) is 0.565. The van der Waals surface area contributed by atoms with Crippen LogP contribution in [0.1, 0.15) is 24.2 Å². The van der Waals surface area contributed by atoms with Crippen LogP contribution >= 0.6 is 35.0 Å². The first-order chi connectivity index (χ1) is 7.80. The van der Waals surface area contributed by atoms with Gasteiger partial charge in [-0.3, -0.25) is 4.79 Å². The summed E-state index contributed by atoms with van der Waals surface area (Å²) >= 11 is 13.5. The highest BCUT2D eigenvalue weighted by molar-refractivity contribution is 7.99. The van der Waals surface area contributed by atoms with Gasteiger partial charge in [0.2, 0.25) is 0 Å². The number of thioether (sulfide) groups is 1. The fourth-order valence-electron chi connectivity index (χ4n) is 1.83. The van der Waals surface area contributed by atoms with Crippen molar-refractivity contribution < 1.29 is 4.79 Å². The number of rotatable bonds is 1. The molecule has 0 amide bonds. The molecule has 1 aromatic rings. The zero-order valence-electron chi connectivity index (χ0n) is 9.59. The molecule has 1 atom stereocenters. The number of hydrogen-bond donors (Lipinski definition) is 1. The molecule has 5 heteroatoms. The minimum Gasteiger partial charge on any atom is -0.325 e. The highest BCUT2D eigenvalue weighted by Crippen LogP contribution is 2.40. The molecule has 1 heterocycles. The van der Waals surface area contributed by atoms with Gasteiger partial charge < -0.3 is 5.73 Å². The van der Waals surface area contributed by atoms with E-state index in [1.165, 1.54) is 0 Å². The smallest absolute Gasteiger partial charge is 0.169 e. The Labute approximate surface area is 115 Å². The van der Waals surface area contributed by atoms with E-state index in [4.69, 9.17) is 28.9 Å². The summed E-state index contributed by atoms with van der Waals surface area (Å²) in [6, 6.07) is 3.40. The Morgan fingerprint density at radius 3 is 2.53 bits per heavy atom. The van der Waals surface area contributed by atoms with Gasteiger partial charge in [-0.25, -0.2) is 0 Å². The minimum absolute atomic E-state index is 0.0600. The lowest BCUT2D eigenvalue weighted by Crippen LogP contribution is -2.47. The zero-order chi connectivity index (χ0) is 12.8. The lowest BCUT2D eigenvalue weighted by molar-refractivity contribution is 0.0881. The van der Waals surface area contributed by atoms with Crippen molar-refractivity contribution in [3.63, 3.8) is 0 Å².